The quantitative estimate of drug-likeness (QED) is 0.783. The molecule has 0 unspecified atom stereocenters. The highest BCUT2D eigenvalue weighted by Gasteiger charge is 2.21. The number of hydrogen-bond donors (Lipinski definition) is 0. The summed E-state index contributed by atoms with van der Waals surface area (Å²) in [6.45, 7) is 2.71. The number of rotatable bonds is 2. The molecule has 1 heterocycles. The van der Waals surface area contributed by atoms with Crippen molar-refractivity contribution in [1.82, 2.24) is 0 Å². The van der Waals surface area contributed by atoms with E-state index in [1.807, 2.05) is 30.3 Å². The average molecular weight is 237 g/mol. The molecule has 0 bridgehead atoms. The van der Waals surface area contributed by atoms with Crippen LogP contribution in [-0.4, -0.2) is 12.5 Å². The minimum absolute atomic E-state index is 0.127. The molecular formula is C16H15NO. The smallest absolute Gasteiger partial charge is 0.216 e. The van der Waals surface area contributed by atoms with E-state index in [2.05, 4.69) is 36.2 Å². The molecule has 0 spiro atoms. The van der Waals surface area contributed by atoms with Crippen molar-refractivity contribution in [2.75, 3.05) is 6.61 Å². The standard InChI is InChI=1S/C16H15NO/c1-12-6-5-9-14(10-12)16-17-15(11-18-16)13-7-3-2-4-8-13/h2-10,15H,11H2,1H3/t15-/m0/s1. The van der Waals surface area contributed by atoms with Gasteiger partial charge in [-0.25, -0.2) is 4.99 Å². The van der Waals surface area contributed by atoms with Crippen molar-refractivity contribution in [2.45, 2.75) is 13.0 Å². The van der Waals surface area contributed by atoms with Crippen LogP contribution in [0.4, 0.5) is 0 Å². The fourth-order valence-electron chi connectivity index (χ4n) is 2.16. The van der Waals surface area contributed by atoms with Crippen molar-refractivity contribution in [2.24, 2.45) is 4.99 Å². The SMILES string of the molecule is Cc1cccc(C2=N[C@H](c3ccccc3)CO2)c1. The summed E-state index contributed by atoms with van der Waals surface area (Å²) in [5.41, 5.74) is 3.50. The van der Waals surface area contributed by atoms with Crippen LogP contribution in [0.1, 0.15) is 22.7 Å². The molecule has 0 aliphatic carbocycles. The molecule has 1 aliphatic heterocycles. The second-order valence-corrected chi connectivity index (χ2v) is 4.54. The van der Waals surface area contributed by atoms with E-state index in [0.29, 0.717) is 6.61 Å². The molecule has 0 saturated carbocycles. The lowest BCUT2D eigenvalue weighted by molar-refractivity contribution is 0.320. The summed E-state index contributed by atoms with van der Waals surface area (Å²) in [5, 5.41) is 0. The lowest BCUT2D eigenvalue weighted by atomic mass is 10.1. The van der Waals surface area contributed by atoms with Crippen LogP contribution in [0.5, 0.6) is 0 Å². The molecule has 1 aliphatic rings. The molecule has 2 aromatic rings. The third-order valence-corrected chi connectivity index (χ3v) is 3.10. The Hall–Kier alpha value is -2.09. The molecular weight excluding hydrogens is 222 g/mol. The Balaban J connectivity index is 1.88. The minimum Gasteiger partial charge on any atom is -0.475 e. The van der Waals surface area contributed by atoms with Crippen LogP contribution in [0.2, 0.25) is 0 Å². The van der Waals surface area contributed by atoms with Crippen molar-refractivity contribution in [1.29, 1.82) is 0 Å². The fraction of sp³-hybridized carbons (Fsp3) is 0.188. The van der Waals surface area contributed by atoms with Crippen molar-refractivity contribution >= 4 is 5.90 Å². The molecule has 18 heavy (non-hydrogen) atoms. The van der Waals surface area contributed by atoms with Gasteiger partial charge in [-0.1, -0.05) is 48.0 Å². The van der Waals surface area contributed by atoms with Gasteiger partial charge in [0.1, 0.15) is 12.6 Å². The van der Waals surface area contributed by atoms with Crippen LogP contribution in [0, 0.1) is 6.92 Å². The first-order valence-electron chi connectivity index (χ1n) is 6.15. The van der Waals surface area contributed by atoms with E-state index in [1.165, 1.54) is 11.1 Å². The highest BCUT2D eigenvalue weighted by atomic mass is 16.5. The van der Waals surface area contributed by atoms with Crippen LogP contribution >= 0.6 is 0 Å². The molecule has 90 valence electrons. The van der Waals surface area contributed by atoms with Gasteiger partial charge in [0.05, 0.1) is 0 Å². The van der Waals surface area contributed by atoms with Gasteiger partial charge in [-0.2, -0.15) is 0 Å². The minimum atomic E-state index is 0.127. The van der Waals surface area contributed by atoms with Gasteiger partial charge in [-0.05, 0) is 24.6 Å². The third-order valence-electron chi connectivity index (χ3n) is 3.10. The lowest BCUT2D eigenvalue weighted by Crippen LogP contribution is -2.01. The maximum atomic E-state index is 5.71. The van der Waals surface area contributed by atoms with E-state index >= 15 is 0 Å². The first kappa shape index (κ1) is 11.0. The van der Waals surface area contributed by atoms with Gasteiger partial charge in [0.15, 0.2) is 0 Å². The average Bonchev–Trinajstić information content (AvgIpc) is 2.89. The van der Waals surface area contributed by atoms with Crippen LogP contribution in [0.25, 0.3) is 0 Å². The Kier molecular flexibility index (Phi) is 2.85. The maximum absolute atomic E-state index is 5.71. The van der Waals surface area contributed by atoms with Crippen LogP contribution in [0.3, 0.4) is 0 Å². The Morgan fingerprint density at radius 3 is 2.67 bits per heavy atom. The molecule has 0 saturated heterocycles. The predicted molar refractivity (Wildman–Crippen MR) is 72.9 cm³/mol. The Morgan fingerprint density at radius 2 is 1.89 bits per heavy atom. The molecule has 0 radical (unpaired) electrons. The Bertz CT molecular complexity index is 575. The fourth-order valence-corrected chi connectivity index (χ4v) is 2.16. The van der Waals surface area contributed by atoms with Gasteiger partial charge in [-0.3, -0.25) is 0 Å². The zero-order valence-corrected chi connectivity index (χ0v) is 10.3. The van der Waals surface area contributed by atoms with Gasteiger partial charge in [-0.15, -0.1) is 0 Å². The number of benzene rings is 2. The molecule has 2 aromatic carbocycles. The van der Waals surface area contributed by atoms with E-state index < -0.39 is 0 Å². The Labute approximate surface area is 107 Å². The molecule has 2 heteroatoms. The van der Waals surface area contributed by atoms with Crippen LogP contribution < -0.4 is 0 Å². The molecule has 2 nitrogen and oxygen atoms in total. The predicted octanol–water partition coefficient (Wildman–Crippen LogP) is 3.51. The summed E-state index contributed by atoms with van der Waals surface area (Å²) in [6, 6.07) is 18.7. The van der Waals surface area contributed by atoms with E-state index in [1.54, 1.807) is 0 Å². The summed E-state index contributed by atoms with van der Waals surface area (Å²) >= 11 is 0. The second-order valence-electron chi connectivity index (χ2n) is 4.54. The first-order chi connectivity index (χ1) is 8.83. The lowest BCUT2D eigenvalue weighted by Gasteiger charge is -2.03. The number of hydrogen-bond acceptors (Lipinski definition) is 2. The highest BCUT2D eigenvalue weighted by Crippen LogP contribution is 2.24. The van der Waals surface area contributed by atoms with Crippen molar-refractivity contribution in [3.63, 3.8) is 0 Å². The number of aliphatic imine (C=N–C) groups is 1. The van der Waals surface area contributed by atoms with Crippen molar-refractivity contribution in [3.8, 4) is 0 Å². The van der Waals surface area contributed by atoms with E-state index in [9.17, 15) is 0 Å². The number of aryl methyl sites for hydroxylation is 1. The van der Waals surface area contributed by atoms with Gasteiger partial charge < -0.3 is 4.74 Å². The zero-order chi connectivity index (χ0) is 12.4. The van der Waals surface area contributed by atoms with Gasteiger partial charge in [0.25, 0.3) is 0 Å². The number of ether oxygens (including phenoxy) is 1. The first-order valence-corrected chi connectivity index (χ1v) is 6.15. The van der Waals surface area contributed by atoms with Crippen molar-refractivity contribution < 1.29 is 4.74 Å². The maximum Gasteiger partial charge on any atom is 0.216 e. The largest absolute Gasteiger partial charge is 0.475 e. The summed E-state index contributed by atoms with van der Waals surface area (Å²) in [6.07, 6.45) is 0. The van der Waals surface area contributed by atoms with E-state index in [-0.39, 0.29) is 6.04 Å². The summed E-state index contributed by atoms with van der Waals surface area (Å²) in [7, 11) is 0. The Morgan fingerprint density at radius 1 is 1.06 bits per heavy atom. The van der Waals surface area contributed by atoms with Crippen LogP contribution in [-0.2, 0) is 4.74 Å². The molecule has 0 aromatic heterocycles. The molecule has 0 fully saturated rings. The topological polar surface area (TPSA) is 21.6 Å². The summed E-state index contributed by atoms with van der Waals surface area (Å²) in [4.78, 5) is 4.66. The van der Waals surface area contributed by atoms with Gasteiger partial charge >= 0.3 is 0 Å². The van der Waals surface area contributed by atoms with E-state index in [4.69, 9.17) is 4.74 Å². The molecule has 0 N–H and O–H groups in total. The second kappa shape index (κ2) is 4.65. The molecule has 1 atom stereocenters. The highest BCUT2D eigenvalue weighted by molar-refractivity contribution is 5.95. The molecule has 3 rings (SSSR count). The normalized spacial score (nSPS) is 18.3. The van der Waals surface area contributed by atoms with Gasteiger partial charge in [0, 0.05) is 5.56 Å². The van der Waals surface area contributed by atoms with Gasteiger partial charge in [0.2, 0.25) is 5.90 Å². The third kappa shape index (κ3) is 2.14. The number of nitrogens with zero attached hydrogens (tertiary/aromatic N) is 1. The zero-order valence-electron chi connectivity index (χ0n) is 10.3. The monoisotopic (exact) mass is 237 g/mol. The van der Waals surface area contributed by atoms with Crippen molar-refractivity contribution in [3.05, 3.63) is 71.3 Å². The summed E-state index contributed by atoms with van der Waals surface area (Å²) in [5.74, 6) is 0.757. The summed E-state index contributed by atoms with van der Waals surface area (Å²) < 4.78 is 5.71. The van der Waals surface area contributed by atoms with Crippen LogP contribution in [0.15, 0.2) is 59.6 Å². The van der Waals surface area contributed by atoms with E-state index in [0.717, 1.165) is 11.5 Å². The molecule has 0 amide bonds.